The SMILES string of the molecule is N#Cc1c(N)sc2c(F)ccc(-c3c(Cl)cc4c(N5CC6(CCN(C(=O)[C@@H]7N[C@H]7C7CC7)C6)C5)nc(OCC56CCCN5CCC6)nc4c3F)c12. The Morgan fingerprint density at radius 1 is 1.14 bits per heavy atom. The Bertz CT molecular complexity index is 2190. The van der Waals surface area contributed by atoms with Crippen LogP contribution in [0.1, 0.15) is 50.5 Å². The number of thiophene rings is 1. The van der Waals surface area contributed by atoms with Crippen molar-refractivity contribution in [1.82, 2.24) is 25.1 Å². The molecule has 6 aliphatic rings. The fourth-order valence-electron chi connectivity index (χ4n) is 9.61. The number of nitriles is 1. The lowest BCUT2D eigenvalue weighted by Crippen LogP contribution is -2.58. The summed E-state index contributed by atoms with van der Waals surface area (Å²) in [4.78, 5) is 29.5. The highest BCUT2D eigenvalue weighted by Gasteiger charge is 2.56. The third-order valence-corrected chi connectivity index (χ3v) is 13.8. The minimum absolute atomic E-state index is 0.0126. The Labute approximate surface area is 302 Å². The van der Waals surface area contributed by atoms with Gasteiger partial charge in [-0.2, -0.15) is 15.2 Å². The second-order valence-corrected chi connectivity index (χ2v) is 17.1. The fraction of sp³-hybridized carbons (Fsp3) is 0.514. The first-order valence-electron chi connectivity index (χ1n) is 18.0. The highest BCUT2D eigenvalue weighted by Crippen LogP contribution is 2.49. The van der Waals surface area contributed by atoms with Crippen molar-refractivity contribution in [3.63, 3.8) is 0 Å². The fourth-order valence-corrected chi connectivity index (χ4v) is 10.9. The quantitative estimate of drug-likeness (QED) is 0.230. The molecule has 0 radical (unpaired) electrons. The van der Waals surface area contributed by atoms with E-state index in [4.69, 9.17) is 27.1 Å². The van der Waals surface area contributed by atoms with Gasteiger partial charge in [0, 0.05) is 54.0 Å². The Morgan fingerprint density at radius 3 is 2.67 bits per heavy atom. The van der Waals surface area contributed by atoms with Gasteiger partial charge in [-0.15, -0.1) is 11.3 Å². The molecule has 5 saturated heterocycles. The van der Waals surface area contributed by atoms with Crippen molar-refractivity contribution in [3.05, 3.63) is 40.4 Å². The van der Waals surface area contributed by atoms with Crippen molar-refractivity contribution >= 4 is 60.7 Å². The normalized spacial score (nSPS) is 24.7. The zero-order valence-electron chi connectivity index (χ0n) is 28.0. The van der Waals surface area contributed by atoms with Gasteiger partial charge < -0.3 is 20.3 Å². The van der Waals surface area contributed by atoms with Gasteiger partial charge in [-0.05, 0) is 81.6 Å². The van der Waals surface area contributed by atoms with Crippen LogP contribution in [-0.4, -0.2) is 89.2 Å². The van der Waals surface area contributed by atoms with E-state index in [-0.39, 0.29) is 71.2 Å². The van der Waals surface area contributed by atoms with Gasteiger partial charge in [0.1, 0.15) is 40.9 Å². The number of carbonyl (C=O) groups is 1. The molecule has 2 aromatic carbocycles. The second-order valence-electron chi connectivity index (χ2n) is 15.6. The largest absolute Gasteiger partial charge is 0.461 e. The Kier molecular flexibility index (Phi) is 7.08. The van der Waals surface area contributed by atoms with Crippen LogP contribution in [0.25, 0.3) is 32.1 Å². The Balaban J connectivity index is 1.02. The van der Waals surface area contributed by atoms with Crippen LogP contribution in [0.5, 0.6) is 6.01 Å². The van der Waals surface area contributed by atoms with Crippen molar-refractivity contribution < 1.29 is 18.3 Å². The Morgan fingerprint density at radius 2 is 1.92 bits per heavy atom. The summed E-state index contributed by atoms with van der Waals surface area (Å²) in [6.07, 6.45) is 7.61. The number of rotatable bonds is 7. The number of anilines is 2. The second kappa shape index (κ2) is 11.3. The molecule has 1 spiro atoms. The van der Waals surface area contributed by atoms with Crippen LogP contribution in [0.4, 0.5) is 19.6 Å². The van der Waals surface area contributed by atoms with E-state index >= 15 is 4.39 Å². The molecule has 1 amide bonds. The van der Waals surface area contributed by atoms with E-state index in [1.807, 2.05) is 4.90 Å². The summed E-state index contributed by atoms with van der Waals surface area (Å²) in [5.41, 5.74) is 6.37. The molecule has 0 unspecified atom stereocenters. The van der Waals surface area contributed by atoms with E-state index in [0.29, 0.717) is 49.4 Å². The number of nitrogens with one attached hydrogen (secondary N) is 1. The summed E-state index contributed by atoms with van der Waals surface area (Å²) in [6.45, 7) is 5.23. The molecule has 4 aromatic rings. The number of hydrogen-bond acceptors (Lipinski definition) is 10. The summed E-state index contributed by atoms with van der Waals surface area (Å²) >= 11 is 7.86. The number of fused-ring (bicyclic) bond motifs is 3. The number of benzene rings is 2. The van der Waals surface area contributed by atoms with E-state index in [9.17, 15) is 14.4 Å². The summed E-state index contributed by atoms with van der Waals surface area (Å²) < 4.78 is 38.6. The average Bonchev–Trinajstić information content (AvgIpc) is 3.91. The lowest BCUT2D eigenvalue weighted by molar-refractivity contribution is -0.130. The molecule has 0 bridgehead atoms. The lowest BCUT2D eigenvalue weighted by atomic mass is 9.79. The number of hydrogen-bond donors (Lipinski definition) is 2. The number of nitrogens with two attached hydrogens (primary N) is 1. The van der Waals surface area contributed by atoms with Gasteiger partial charge in [-0.25, -0.2) is 8.78 Å². The minimum atomic E-state index is -0.705. The number of halogens is 3. The lowest BCUT2D eigenvalue weighted by Gasteiger charge is -2.49. The number of nitrogen functional groups attached to an aromatic ring is 1. The van der Waals surface area contributed by atoms with Crippen LogP contribution < -0.4 is 20.7 Å². The molecule has 1 saturated carbocycles. The average molecular weight is 731 g/mol. The summed E-state index contributed by atoms with van der Waals surface area (Å²) in [5, 5.41) is 14.2. The van der Waals surface area contributed by atoms with E-state index in [2.05, 4.69) is 26.2 Å². The molecule has 10 nitrogen and oxygen atoms in total. The highest BCUT2D eigenvalue weighted by atomic mass is 35.5. The van der Waals surface area contributed by atoms with Gasteiger partial charge in [0.05, 0.1) is 20.8 Å². The number of likely N-dealkylation sites (tertiary alicyclic amines) is 1. The molecule has 2 aromatic heterocycles. The van der Waals surface area contributed by atoms with Gasteiger partial charge in [0.25, 0.3) is 0 Å². The van der Waals surface area contributed by atoms with Crippen molar-refractivity contribution in [1.29, 1.82) is 5.26 Å². The van der Waals surface area contributed by atoms with Crippen LogP contribution in [0.3, 0.4) is 0 Å². The van der Waals surface area contributed by atoms with E-state index in [1.54, 1.807) is 6.07 Å². The number of amides is 1. The third kappa shape index (κ3) is 4.93. The number of carbonyl (C=O) groups excluding carboxylic acids is 1. The predicted octanol–water partition coefficient (Wildman–Crippen LogP) is 5.69. The van der Waals surface area contributed by atoms with Crippen LogP contribution in [-0.2, 0) is 4.79 Å². The molecule has 2 atom stereocenters. The summed E-state index contributed by atoms with van der Waals surface area (Å²) in [5.74, 6) is 0.141. The zero-order chi connectivity index (χ0) is 34.8. The number of ether oxygens (including phenoxy) is 1. The monoisotopic (exact) mass is 730 g/mol. The zero-order valence-corrected chi connectivity index (χ0v) is 29.6. The van der Waals surface area contributed by atoms with E-state index < -0.39 is 11.6 Å². The van der Waals surface area contributed by atoms with Crippen molar-refractivity contribution in [2.75, 3.05) is 56.5 Å². The molecule has 6 fully saturated rings. The first-order chi connectivity index (χ1) is 24.7. The number of aromatic nitrogens is 2. The molecule has 7 heterocycles. The first-order valence-corrected chi connectivity index (χ1v) is 19.2. The third-order valence-electron chi connectivity index (χ3n) is 12.4. The van der Waals surface area contributed by atoms with Crippen molar-refractivity contribution in [3.8, 4) is 23.2 Å². The van der Waals surface area contributed by atoms with Crippen molar-refractivity contribution in [2.24, 2.45) is 11.3 Å². The molecule has 51 heavy (non-hydrogen) atoms. The molecule has 264 valence electrons. The smallest absolute Gasteiger partial charge is 0.319 e. The molecular formula is C37H37ClF2N8O2S. The van der Waals surface area contributed by atoms with E-state index in [1.165, 1.54) is 25.0 Å². The van der Waals surface area contributed by atoms with Crippen LogP contribution >= 0.6 is 22.9 Å². The standard InChI is InChI=1S/C37H37ClF2N8O2S/c38-23-13-21-29(27(40)26(23)20-5-6-24(39)31-25(20)22(14-41)32(42)51-31)44-35(50-18-37-7-1-10-48(37)11-2-8-37)45-33(21)47-16-36(17-47)9-12-46(15-36)34(49)30-28(43-30)19-3-4-19/h5-6,13,19,28,30,43H,1-4,7-12,15-18,42H2/t28-,30+/m0/s1. The predicted molar refractivity (Wildman–Crippen MR) is 192 cm³/mol. The molecule has 5 aliphatic heterocycles. The first kappa shape index (κ1) is 31.9. The topological polar surface area (TPSA) is 134 Å². The van der Waals surface area contributed by atoms with E-state index in [0.717, 1.165) is 63.1 Å². The van der Waals surface area contributed by atoms with Gasteiger partial charge in [-0.3, -0.25) is 15.0 Å². The maximum absolute atomic E-state index is 17.1. The molecular weight excluding hydrogens is 694 g/mol. The van der Waals surface area contributed by atoms with Gasteiger partial charge in [0.15, 0.2) is 5.82 Å². The van der Waals surface area contributed by atoms with Crippen LogP contribution in [0.15, 0.2) is 18.2 Å². The molecule has 10 rings (SSSR count). The molecule has 14 heteroatoms. The molecule has 1 aliphatic carbocycles. The highest BCUT2D eigenvalue weighted by molar-refractivity contribution is 7.23. The van der Waals surface area contributed by atoms with Crippen LogP contribution in [0.2, 0.25) is 5.02 Å². The minimum Gasteiger partial charge on any atom is -0.461 e. The Hall–Kier alpha value is -3.83. The maximum atomic E-state index is 17.1. The van der Waals surface area contributed by atoms with Crippen molar-refractivity contribution in [2.45, 2.75) is 62.6 Å². The van der Waals surface area contributed by atoms with Gasteiger partial charge >= 0.3 is 6.01 Å². The summed E-state index contributed by atoms with van der Waals surface area (Å²) in [7, 11) is 0. The summed E-state index contributed by atoms with van der Waals surface area (Å²) in [6, 6.07) is 6.79. The molecule has 3 N–H and O–H groups in total. The maximum Gasteiger partial charge on any atom is 0.319 e. The number of nitrogens with zero attached hydrogens (tertiary/aromatic N) is 6. The van der Waals surface area contributed by atoms with Gasteiger partial charge in [0.2, 0.25) is 5.91 Å². The van der Waals surface area contributed by atoms with Crippen LogP contribution in [0, 0.1) is 34.3 Å². The van der Waals surface area contributed by atoms with Gasteiger partial charge in [-0.1, -0.05) is 17.7 Å².